The molecule has 0 N–H and O–H groups in total. The molecule has 0 fully saturated rings. The van der Waals surface area contributed by atoms with Gasteiger partial charge in [0, 0.05) is 8.95 Å². The summed E-state index contributed by atoms with van der Waals surface area (Å²) in [5.41, 5.74) is 0. The molecule has 0 aliphatic carbocycles. The molecule has 0 radical (unpaired) electrons. The zero-order chi connectivity index (χ0) is 13.7. The van der Waals surface area contributed by atoms with E-state index in [0.29, 0.717) is 11.1 Å². The lowest BCUT2D eigenvalue weighted by molar-refractivity contribution is 0.211. The number of hydrogen-bond donors (Lipinski definition) is 0. The first-order valence-corrected chi connectivity index (χ1v) is 7.20. The normalized spacial score (nSPS) is 10.3. The van der Waals surface area contributed by atoms with Crippen LogP contribution in [-0.2, 0) is 0 Å². The van der Waals surface area contributed by atoms with Crippen molar-refractivity contribution in [2.45, 2.75) is 0 Å². The monoisotopic (exact) mass is 388 g/mol. The Kier molecular flexibility index (Phi) is 5.22. The second-order valence-electron chi connectivity index (χ2n) is 3.73. The van der Waals surface area contributed by atoms with Gasteiger partial charge in [-0.25, -0.2) is 4.39 Å². The van der Waals surface area contributed by atoms with Crippen molar-refractivity contribution in [1.82, 2.24) is 0 Å². The van der Waals surface area contributed by atoms with Gasteiger partial charge in [0.05, 0.1) is 0 Å². The highest BCUT2D eigenvalue weighted by molar-refractivity contribution is 9.10. The van der Waals surface area contributed by atoms with Crippen LogP contribution in [0.5, 0.6) is 11.5 Å². The molecule has 0 saturated heterocycles. The summed E-state index contributed by atoms with van der Waals surface area (Å²) in [4.78, 5) is 0. The van der Waals surface area contributed by atoms with Crippen LogP contribution >= 0.6 is 31.9 Å². The molecule has 0 amide bonds. The van der Waals surface area contributed by atoms with Gasteiger partial charge in [-0.05, 0) is 42.5 Å². The second kappa shape index (κ2) is 6.91. The summed E-state index contributed by atoms with van der Waals surface area (Å²) in [5, 5.41) is 0. The van der Waals surface area contributed by atoms with Gasteiger partial charge in [0.15, 0.2) is 11.6 Å². The van der Waals surface area contributed by atoms with Crippen LogP contribution in [0.1, 0.15) is 0 Å². The Balaban J connectivity index is 1.79. The zero-order valence-corrected chi connectivity index (χ0v) is 13.1. The van der Waals surface area contributed by atoms with Gasteiger partial charge in [-0.3, -0.25) is 0 Å². The molecule has 5 heteroatoms. The van der Waals surface area contributed by atoms with Gasteiger partial charge in [-0.2, -0.15) is 0 Å². The molecule has 100 valence electrons. The van der Waals surface area contributed by atoms with E-state index in [1.54, 1.807) is 12.1 Å². The summed E-state index contributed by atoms with van der Waals surface area (Å²) in [6.07, 6.45) is 0. The van der Waals surface area contributed by atoms with Crippen molar-refractivity contribution >= 4 is 31.9 Å². The van der Waals surface area contributed by atoms with Crippen LogP contribution in [-0.4, -0.2) is 13.2 Å². The largest absolute Gasteiger partial charge is 0.490 e. The van der Waals surface area contributed by atoms with Crippen LogP contribution in [0.15, 0.2) is 51.4 Å². The average molecular weight is 390 g/mol. The summed E-state index contributed by atoms with van der Waals surface area (Å²) in [7, 11) is 0. The van der Waals surface area contributed by atoms with Gasteiger partial charge >= 0.3 is 0 Å². The van der Waals surface area contributed by atoms with Crippen molar-refractivity contribution in [2.24, 2.45) is 0 Å². The summed E-state index contributed by atoms with van der Waals surface area (Å²) in [6, 6.07) is 12.2. The van der Waals surface area contributed by atoms with Crippen LogP contribution in [0, 0.1) is 5.82 Å². The minimum Gasteiger partial charge on any atom is -0.490 e. The van der Waals surface area contributed by atoms with E-state index in [4.69, 9.17) is 9.47 Å². The Morgan fingerprint density at radius 3 is 2.16 bits per heavy atom. The van der Waals surface area contributed by atoms with Crippen molar-refractivity contribution in [3.05, 3.63) is 57.2 Å². The standard InChI is InChI=1S/C14H11Br2FO2/c15-10-1-4-12(5-2-10)18-7-8-19-14-6-3-11(16)9-13(14)17/h1-6,9H,7-8H2. The Bertz CT molecular complexity index is 544. The highest BCUT2D eigenvalue weighted by Crippen LogP contribution is 2.21. The SMILES string of the molecule is Fc1cc(Br)ccc1OCCOc1ccc(Br)cc1. The van der Waals surface area contributed by atoms with Gasteiger partial charge in [0.1, 0.15) is 19.0 Å². The van der Waals surface area contributed by atoms with Crippen LogP contribution < -0.4 is 9.47 Å². The van der Waals surface area contributed by atoms with E-state index in [-0.39, 0.29) is 12.4 Å². The fourth-order valence-corrected chi connectivity index (χ4v) is 2.03. The van der Waals surface area contributed by atoms with Gasteiger partial charge in [-0.15, -0.1) is 0 Å². The van der Waals surface area contributed by atoms with E-state index in [1.165, 1.54) is 6.07 Å². The van der Waals surface area contributed by atoms with Gasteiger partial charge in [0.25, 0.3) is 0 Å². The quantitative estimate of drug-likeness (QED) is 0.683. The molecule has 0 bridgehead atoms. The third kappa shape index (κ3) is 4.51. The Morgan fingerprint density at radius 1 is 0.842 bits per heavy atom. The molecule has 0 aliphatic rings. The van der Waals surface area contributed by atoms with Gasteiger partial charge < -0.3 is 9.47 Å². The lowest BCUT2D eigenvalue weighted by atomic mass is 10.3. The van der Waals surface area contributed by atoms with E-state index < -0.39 is 5.82 Å². The maximum absolute atomic E-state index is 13.4. The lowest BCUT2D eigenvalue weighted by Crippen LogP contribution is -2.09. The molecule has 19 heavy (non-hydrogen) atoms. The Hall–Kier alpha value is -1.07. The van der Waals surface area contributed by atoms with Crippen LogP contribution in [0.3, 0.4) is 0 Å². The topological polar surface area (TPSA) is 18.5 Å². The third-order valence-corrected chi connectivity index (χ3v) is 3.34. The van der Waals surface area contributed by atoms with Crippen molar-refractivity contribution in [3.63, 3.8) is 0 Å². The minimum absolute atomic E-state index is 0.225. The van der Waals surface area contributed by atoms with E-state index >= 15 is 0 Å². The number of ether oxygens (including phenoxy) is 2. The van der Waals surface area contributed by atoms with E-state index in [1.807, 2.05) is 24.3 Å². The molecule has 0 aliphatic heterocycles. The summed E-state index contributed by atoms with van der Waals surface area (Å²) >= 11 is 6.54. The molecular formula is C14H11Br2FO2. The minimum atomic E-state index is -0.391. The summed E-state index contributed by atoms with van der Waals surface area (Å²) < 4.78 is 25.9. The molecule has 0 heterocycles. The maximum atomic E-state index is 13.4. The van der Waals surface area contributed by atoms with Gasteiger partial charge in [0.2, 0.25) is 0 Å². The molecule has 0 spiro atoms. The van der Waals surface area contributed by atoms with Crippen LogP contribution in [0.2, 0.25) is 0 Å². The van der Waals surface area contributed by atoms with Crippen molar-refractivity contribution < 1.29 is 13.9 Å². The summed E-state index contributed by atoms with van der Waals surface area (Å²) in [6.45, 7) is 0.645. The molecule has 2 rings (SSSR count). The second-order valence-corrected chi connectivity index (χ2v) is 5.56. The molecule has 2 aromatic carbocycles. The van der Waals surface area contributed by atoms with E-state index in [0.717, 1.165) is 10.2 Å². The number of benzene rings is 2. The molecule has 2 aromatic rings. The first-order valence-electron chi connectivity index (χ1n) is 5.61. The highest BCUT2D eigenvalue weighted by Gasteiger charge is 2.03. The Morgan fingerprint density at radius 2 is 1.47 bits per heavy atom. The molecule has 0 aromatic heterocycles. The van der Waals surface area contributed by atoms with Crippen LogP contribution in [0.25, 0.3) is 0 Å². The average Bonchev–Trinajstić information content (AvgIpc) is 2.39. The van der Waals surface area contributed by atoms with Crippen LogP contribution in [0.4, 0.5) is 4.39 Å². The molecule has 0 saturated carbocycles. The zero-order valence-electron chi connectivity index (χ0n) is 9.91. The predicted molar refractivity (Wildman–Crippen MR) is 79.2 cm³/mol. The predicted octanol–water partition coefficient (Wildman–Crippen LogP) is 4.81. The lowest BCUT2D eigenvalue weighted by Gasteiger charge is -2.09. The highest BCUT2D eigenvalue weighted by atomic mass is 79.9. The number of halogens is 3. The van der Waals surface area contributed by atoms with Crippen molar-refractivity contribution in [3.8, 4) is 11.5 Å². The number of hydrogen-bond acceptors (Lipinski definition) is 2. The van der Waals surface area contributed by atoms with E-state index in [9.17, 15) is 4.39 Å². The molecular weight excluding hydrogens is 379 g/mol. The third-order valence-electron chi connectivity index (χ3n) is 2.32. The first-order chi connectivity index (χ1) is 9.15. The molecule has 2 nitrogen and oxygen atoms in total. The van der Waals surface area contributed by atoms with Gasteiger partial charge in [-0.1, -0.05) is 31.9 Å². The fraction of sp³-hybridized carbons (Fsp3) is 0.143. The molecule has 0 unspecified atom stereocenters. The van der Waals surface area contributed by atoms with E-state index in [2.05, 4.69) is 31.9 Å². The fourth-order valence-electron chi connectivity index (χ4n) is 1.43. The summed E-state index contributed by atoms with van der Waals surface area (Å²) in [5.74, 6) is 0.587. The first kappa shape index (κ1) is 14.3. The number of rotatable bonds is 5. The molecule has 0 atom stereocenters. The van der Waals surface area contributed by atoms with Crippen molar-refractivity contribution in [1.29, 1.82) is 0 Å². The maximum Gasteiger partial charge on any atom is 0.166 e. The van der Waals surface area contributed by atoms with Crippen molar-refractivity contribution in [2.75, 3.05) is 13.2 Å². The Labute approximate surface area is 127 Å². The smallest absolute Gasteiger partial charge is 0.166 e.